The molecule has 0 bridgehead atoms. The highest BCUT2D eigenvalue weighted by molar-refractivity contribution is 7.99. The highest BCUT2D eigenvalue weighted by Crippen LogP contribution is 2.33. The molecular weight excluding hydrogens is 468 g/mol. The van der Waals surface area contributed by atoms with Crippen LogP contribution in [0.5, 0.6) is 0 Å². The number of thioether (sulfide) groups is 1. The number of unbranched alkanes of at least 4 members (excludes halogenated alkanes) is 8. The fourth-order valence-corrected chi connectivity index (χ4v) is 5.49. The van der Waals surface area contributed by atoms with Crippen molar-refractivity contribution in [2.75, 3.05) is 19.0 Å². The van der Waals surface area contributed by atoms with Crippen molar-refractivity contribution < 1.29 is 50.0 Å². The van der Waals surface area contributed by atoms with E-state index in [9.17, 15) is 35.7 Å². The van der Waals surface area contributed by atoms with Gasteiger partial charge in [0.1, 0.15) is 54.3 Å². The molecule has 2 aliphatic heterocycles. The predicted octanol–water partition coefficient (Wildman–Crippen LogP) is -0.125. The van der Waals surface area contributed by atoms with Gasteiger partial charge in [0.15, 0.2) is 6.29 Å². The average Bonchev–Trinajstić information content (AvgIpc) is 2.84. The summed E-state index contributed by atoms with van der Waals surface area (Å²) in [7, 11) is 0. The topological polar surface area (TPSA) is 169 Å². The summed E-state index contributed by atoms with van der Waals surface area (Å²) in [5, 5.41) is 70.3. The van der Waals surface area contributed by atoms with Crippen LogP contribution in [0, 0.1) is 0 Å². The van der Waals surface area contributed by atoms with Gasteiger partial charge in [0.2, 0.25) is 0 Å². The zero-order valence-electron chi connectivity index (χ0n) is 20.0. The first-order valence-electron chi connectivity index (χ1n) is 12.6. The van der Waals surface area contributed by atoms with Gasteiger partial charge in [0.25, 0.3) is 0 Å². The standard InChI is InChI=1S/C23H44O10S/c1-2-3-4-5-6-7-8-9-10-11-34-23-20(30)18(28)21(15(13-25)32-23)33-22-19(29)17(27)16(26)14(12-24)31-22/h14-30H,2-13H2,1H3/t14-,15-,16-,17+,18-,19-,20-,21-,22+,23+/m1/s1. The van der Waals surface area contributed by atoms with Gasteiger partial charge < -0.3 is 50.0 Å². The van der Waals surface area contributed by atoms with E-state index in [0.29, 0.717) is 0 Å². The fourth-order valence-electron chi connectivity index (χ4n) is 4.31. The smallest absolute Gasteiger partial charge is 0.187 e. The molecule has 2 rings (SSSR count). The predicted molar refractivity (Wildman–Crippen MR) is 126 cm³/mol. The molecule has 0 amide bonds. The Morgan fingerprint density at radius 3 is 1.82 bits per heavy atom. The molecule has 10 atom stereocenters. The number of rotatable bonds is 15. The molecule has 0 aliphatic carbocycles. The largest absolute Gasteiger partial charge is 0.394 e. The van der Waals surface area contributed by atoms with E-state index in [1.807, 2.05) is 0 Å². The fraction of sp³-hybridized carbons (Fsp3) is 1.00. The minimum atomic E-state index is -1.67. The van der Waals surface area contributed by atoms with Crippen LogP contribution in [0.4, 0.5) is 0 Å². The van der Waals surface area contributed by atoms with Crippen LogP contribution in [-0.4, -0.2) is 115 Å². The van der Waals surface area contributed by atoms with Crippen molar-refractivity contribution in [2.45, 2.75) is 125 Å². The Bertz CT molecular complexity index is 540. The first-order valence-corrected chi connectivity index (χ1v) is 13.6. The molecule has 0 spiro atoms. The van der Waals surface area contributed by atoms with Crippen molar-refractivity contribution in [3.63, 3.8) is 0 Å². The van der Waals surface area contributed by atoms with E-state index in [2.05, 4.69) is 6.92 Å². The van der Waals surface area contributed by atoms with E-state index in [1.165, 1.54) is 50.3 Å². The van der Waals surface area contributed by atoms with Crippen molar-refractivity contribution in [1.29, 1.82) is 0 Å². The molecule has 2 heterocycles. The number of hydrogen-bond acceptors (Lipinski definition) is 11. The molecule has 7 N–H and O–H groups in total. The Kier molecular flexibility index (Phi) is 14.1. The van der Waals surface area contributed by atoms with E-state index in [0.717, 1.165) is 25.0 Å². The molecule has 0 radical (unpaired) electrons. The Labute approximate surface area is 206 Å². The van der Waals surface area contributed by atoms with Crippen LogP contribution in [-0.2, 0) is 14.2 Å². The maximum atomic E-state index is 10.7. The zero-order chi connectivity index (χ0) is 25.1. The summed E-state index contributed by atoms with van der Waals surface area (Å²) in [6.07, 6.45) is -1.73. The molecule has 11 heteroatoms. The van der Waals surface area contributed by atoms with Gasteiger partial charge in [-0.25, -0.2) is 0 Å². The maximum Gasteiger partial charge on any atom is 0.187 e. The minimum absolute atomic E-state index is 0.513. The SMILES string of the molecule is CCCCCCCCCCCS[C@@H]1O[C@H](CO)[C@@H](O[C@@H]2O[C@H](CO)[C@@H](O)[C@H](O)[C@H]2O)[C@H](O)[C@H]1O. The lowest BCUT2D eigenvalue weighted by Gasteiger charge is -2.46. The van der Waals surface area contributed by atoms with Gasteiger partial charge >= 0.3 is 0 Å². The molecule has 0 aromatic carbocycles. The Hall–Kier alpha value is -0.0500. The summed E-state index contributed by atoms with van der Waals surface area (Å²) in [6.45, 7) is 1.07. The average molecular weight is 513 g/mol. The minimum Gasteiger partial charge on any atom is -0.394 e. The normalized spacial score (nSPS) is 38.8. The molecule has 0 unspecified atom stereocenters. The summed E-state index contributed by atoms with van der Waals surface area (Å²) in [4.78, 5) is 0. The van der Waals surface area contributed by atoms with Crippen LogP contribution in [0.25, 0.3) is 0 Å². The van der Waals surface area contributed by atoms with Crippen molar-refractivity contribution in [3.05, 3.63) is 0 Å². The van der Waals surface area contributed by atoms with Gasteiger partial charge in [-0.1, -0.05) is 58.3 Å². The monoisotopic (exact) mass is 512 g/mol. The Morgan fingerprint density at radius 1 is 0.647 bits per heavy atom. The second-order valence-electron chi connectivity index (χ2n) is 9.20. The van der Waals surface area contributed by atoms with Crippen LogP contribution in [0.15, 0.2) is 0 Å². The van der Waals surface area contributed by atoms with E-state index < -0.39 is 73.8 Å². The molecule has 0 saturated carbocycles. The summed E-state index contributed by atoms with van der Waals surface area (Å²) < 4.78 is 16.7. The van der Waals surface area contributed by atoms with Crippen LogP contribution >= 0.6 is 11.8 Å². The van der Waals surface area contributed by atoms with Gasteiger partial charge in [-0.2, -0.15) is 0 Å². The van der Waals surface area contributed by atoms with Crippen LogP contribution in [0.1, 0.15) is 64.7 Å². The summed E-state index contributed by atoms with van der Waals surface area (Å²) in [5.41, 5.74) is -0.754. The lowest BCUT2D eigenvalue weighted by atomic mass is 9.97. The van der Waals surface area contributed by atoms with E-state index in [4.69, 9.17) is 14.2 Å². The summed E-state index contributed by atoms with van der Waals surface area (Å²) in [6, 6.07) is 0. The number of ether oxygens (including phenoxy) is 3. The Balaban J connectivity index is 1.78. The molecular formula is C23H44O10S. The second kappa shape index (κ2) is 15.9. The maximum absolute atomic E-state index is 10.7. The quantitative estimate of drug-likeness (QED) is 0.146. The summed E-state index contributed by atoms with van der Waals surface area (Å²) in [5.74, 6) is 0.737. The Morgan fingerprint density at radius 2 is 1.24 bits per heavy atom. The molecule has 202 valence electrons. The third kappa shape index (κ3) is 8.52. The second-order valence-corrected chi connectivity index (χ2v) is 10.4. The molecule has 0 aromatic heterocycles. The van der Waals surface area contributed by atoms with Crippen LogP contribution < -0.4 is 0 Å². The number of hydrogen-bond donors (Lipinski definition) is 7. The van der Waals surface area contributed by atoms with Crippen LogP contribution in [0.3, 0.4) is 0 Å². The third-order valence-electron chi connectivity index (χ3n) is 6.49. The van der Waals surface area contributed by atoms with E-state index >= 15 is 0 Å². The highest BCUT2D eigenvalue weighted by atomic mass is 32.2. The van der Waals surface area contributed by atoms with Gasteiger partial charge in [-0.3, -0.25) is 0 Å². The molecule has 34 heavy (non-hydrogen) atoms. The molecule has 0 aromatic rings. The van der Waals surface area contributed by atoms with Crippen molar-refractivity contribution in [3.8, 4) is 0 Å². The van der Waals surface area contributed by atoms with Gasteiger partial charge in [-0.15, -0.1) is 11.8 Å². The highest BCUT2D eigenvalue weighted by Gasteiger charge is 2.50. The lowest BCUT2D eigenvalue weighted by Crippen LogP contribution is -2.64. The molecule has 2 fully saturated rings. The van der Waals surface area contributed by atoms with Crippen molar-refractivity contribution in [2.24, 2.45) is 0 Å². The van der Waals surface area contributed by atoms with Gasteiger partial charge in [-0.05, 0) is 12.2 Å². The van der Waals surface area contributed by atoms with E-state index in [-0.39, 0.29) is 0 Å². The summed E-state index contributed by atoms with van der Waals surface area (Å²) >= 11 is 1.37. The third-order valence-corrected chi connectivity index (χ3v) is 7.73. The molecule has 10 nitrogen and oxygen atoms in total. The van der Waals surface area contributed by atoms with Crippen molar-refractivity contribution in [1.82, 2.24) is 0 Å². The zero-order valence-corrected chi connectivity index (χ0v) is 20.8. The number of aliphatic hydroxyl groups is 7. The van der Waals surface area contributed by atoms with E-state index in [1.54, 1.807) is 0 Å². The van der Waals surface area contributed by atoms with Gasteiger partial charge in [0.05, 0.1) is 13.2 Å². The molecule has 2 saturated heterocycles. The first-order chi connectivity index (χ1) is 16.3. The first kappa shape index (κ1) is 30.2. The van der Waals surface area contributed by atoms with Crippen LogP contribution in [0.2, 0.25) is 0 Å². The lowest BCUT2D eigenvalue weighted by molar-refractivity contribution is -0.338. The van der Waals surface area contributed by atoms with Crippen molar-refractivity contribution >= 4 is 11.8 Å². The molecule has 2 aliphatic rings. The number of aliphatic hydroxyl groups excluding tert-OH is 7. The van der Waals surface area contributed by atoms with Gasteiger partial charge in [0, 0.05) is 0 Å².